The molecule has 2 heterocycles. The first-order chi connectivity index (χ1) is 13.0. The van der Waals surface area contributed by atoms with Gasteiger partial charge in [0.15, 0.2) is 11.6 Å². The van der Waals surface area contributed by atoms with Crippen LogP contribution in [0.1, 0.15) is 37.3 Å². The lowest BCUT2D eigenvalue weighted by molar-refractivity contribution is 0.208. The van der Waals surface area contributed by atoms with Crippen LogP contribution in [0, 0.1) is 0 Å². The third-order valence-corrected chi connectivity index (χ3v) is 3.88. The van der Waals surface area contributed by atoms with E-state index in [1.807, 2.05) is 44.2 Å². The molecule has 0 spiro atoms. The summed E-state index contributed by atoms with van der Waals surface area (Å²) in [6.07, 6.45) is 0.514. The van der Waals surface area contributed by atoms with Crippen molar-refractivity contribution in [3.63, 3.8) is 0 Å². The summed E-state index contributed by atoms with van der Waals surface area (Å²) in [5.74, 6) is 2.21. The van der Waals surface area contributed by atoms with Gasteiger partial charge in [-0.05, 0) is 12.1 Å². The molecule has 9 heteroatoms. The van der Waals surface area contributed by atoms with Crippen molar-refractivity contribution in [2.45, 2.75) is 32.7 Å². The molecule has 0 fully saturated rings. The molecule has 2 amide bonds. The van der Waals surface area contributed by atoms with Gasteiger partial charge in [-0.3, -0.25) is 0 Å². The quantitative estimate of drug-likeness (QED) is 0.680. The molecule has 0 saturated heterocycles. The first-order valence-corrected chi connectivity index (χ1v) is 8.72. The number of likely N-dealkylation sites (N-methyl/N-ethyl adjacent to an activating group) is 1. The van der Waals surface area contributed by atoms with Crippen molar-refractivity contribution in [2.75, 3.05) is 13.6 Å². The number of urea groups is 1. The molecule has 0 bridgehead atoms. The molecule has 1 N–H and O–H groups in total. The Hall–Kier alpha value is -3.23. The van der Waals surface area contributed by atoms with E-state index in [0.29, 0.717) is 36.4 Å². The Morgan fingerprint density at radius 1 is 1.11 bits per heavy atom. The summed E-state index contributed by atoms with van der Waals surface area (Å²) < 4.78 is 10.4. The molecule has 27 heavy (non-hydrogen) atoms. The van der Waals surface area contributed by atoms with Gasteiger partial charge in [0, 0.05) is 31.5 Å². The van der Waals surface area contributed by atoms with Gasteiger partial charge in [0.1, 0.15) is 0 Å². The number of nitrogens with zero attached hydrogens (tertiary/aromatic N) is 5. The average molecular weight is 370 g/mol. The number of aromatic nitrogens is 4. The van der Waals surface area contributed by atoms with E-state index in [9.17, 15) is 4.79 Å². The Bertz CT molecular complexity index is 874. The normalized spacial score (nSPS) is 11.0. The summed E-state index contributed by atoms with van der Waals surface area (Å²) in [6, 6.07) is 9.22. The molecule has 0 atom stereocenters. The van der Waals surface area contributed by atoms with Crippen molar-refractivity contribution in [1.82, 2.24) is 30.5 Å². The highest BCUT2D eigenvalue weighted by molar-refractivity contribution is 5.73. The van der Waals surface area contributed by atoms with Gasteiger partial charge >= 0.3 is 6.03 Å². The van der Waals surface area contributed by atoms with Crippen molar-refractivity contribution in [3.8, 4) is 11.5 Å². The number of hydrogen-bond acceptors (Lipinski definition) is 7. The van der Waals surface area contributed by atoms with Crippen LogP contribution in [-0.2, 0) is 13.0 Å². The summed E-state index contributed by atoms with van der Waals surface area (Å²) in [6.45, 7) is 4.61. The maximum atomic E-state index is 12.2. The second kappa shape index (κ2) is 8.43. The molecule has 0 aliphatic carbocycles. The van der Waals surface area contributed by atoms with Gasteiger partial charge in [0.2, 0.25) is 5.89 Å². The van der Waals surface area contributed by atoms with E-state index in [0.717, 1.165) is 5.56 Å². The Labute approximate surface area is 156 Å². The average Bonchev–Trinajstić information content (AvgIpc) is 3.34. The molecule has 142 valence electrons. The Morgan fingerprint density at radius 2 is 1.85 bits per heavy atom. The maximum absolute atomic E-state index is 12.2. The fourth-order valence-corrected chi connectivity index (χ4v) is 2.29. The minimum absolute atomic E-state index is 0.180. The molecule has 0 unspecified atom stereocenters. The maximum Gasteiger partial charge on any atom is 0.317 e. The number of rotatable bonds is 7. The molecule has 2 aromatic heterocycles. The predicted octanol–water partition coefficient (Wildman–Crippen LogP) is 2.63. The smallest absolute Gasteiger partial charge is 0.317 e. The SMILES string of the molecule is CC(C)c1nc(CCN(C)C(=O)NCc2noc(-c3ccccc3)n2)no1. The zero-order valence-electron chi connectivity index (χ0n) is 15.5. The molecule has 0 saturated carbocycles. The van der Waals surface area contributed by atoms with E-state index in [1.54, 1.807) is 11.9 Å². The second-order valence-electron chi connectivity index (χ2n) is 6.42. The van der Waals surface area contributed by atoms with E-state index in [4.69, 9.17) is 9.05 Å². The molecule has 0 aliphatic rings. The van der Waals surface area contributed by atoms with E-state index in [-0.39, 0.29) is 18.5 Å². The Kier molecular flexibility index (Phi) is 5.80. The summed E-state index contributed by atoms with van der Waals surface area (Å²) in [4.78, 5) is 22.3. The number of amides is 2. The highest BCUT2D eigenvalue weighted by Crippen LogP contribution is 2.16. The van der Waals surface area contributed by atoms with Crippen molar-refractivity contribution in [2.24, 2.45) is 0 Å². The van der Waals surface area contributed by atoms with Crippen molar-refractivity contribution in [3.05, 3.63) is 47.9 Å². The van der Waals surface area contributed by atoms with Crippen LogP contribution in [0.25, 0.3) is 11.5 Å². The van der Waals surface area contributed by atoms with Crippen LogP contribution in [0.15, 0.2) is 39.4 Å². The predicted molar refractivity (Wildman–Crippen MR) is 96.7 cm³/mol. The van der Waals surface area contributed by atoms with Gasteiger partial charge in [0.05, 0.1) is 6.54 Å². The topological polar surface area (TPSA) is 110 Å². The fraction of sp³-hybridized carbons (Fsp3) is 0.389. The lowest BCUT2D eigenvalue weighted by Gasteiger charge is -2.16. The van der Waals surface area contributed by atoms with Crippen molar-refractivity contribution >= 4 is 6.03 Å². The van der Waals surface area contributed by atoms with Gasteiger partial charge in [-0.15, -0.1) is 0 Å². The second-order valence-corrected chi connectivity index (χ2v) is 6.42. The van der Waals surface area contributed by atoms with Gasteiger partial charge < -0.3 is 19.3 Å². The number of carbonyl (C=O) groups is 1. The van der Waals surface area contributed by atoms with Crippen LogP contribution in [0.2, 0.25) is 0 Å². The molecular formula is C18H22N6O3. The number of benzene rings is 1. The highest BCUT2D eigenvalue weighted by Gasteiger charge is 2.14. The first-order valence-electron chi connectivity index (χ1n) is 8.72. The summed E-state index contributed by atoms with van der Waals surface area (Å²) >= 11 is 0. The van der Waals surface area contributed by atoms with Crippen LogP contribution in [0.3, 0.4) is 0 Å². The monoisotopic (exact) mass is 370 g/mol. The molecule has 0 aliphatic heterocycles. The molecule has 0 radical (unpaired) electrons. The standard InChI is InChI=1S/C18H22N6O3/c1-12(2)16-20-14(22-26-16)9-10-24(3)18(25)19-11-15-21-17(27-23-15)13-7-5-4-6-8-13/h4-8,12H,9-11H2,1-3H3,(H,19,25). The third kappa shape index (κ3) is 4.90. The van der Waals surface area contributed by atoms with Crippen molar-refractivity contribution < 1.29 is 13.8 Å². The molecule has 9 nitrogen and oxygen atoms in total. The van der Waals surface area contributed by atoms with Crippen LogP contribution < -0.4 is 5.32 Å². The molecular weight excluding hydrogens is 348 g/mol. The van der Waals surface area contributed by atoms with E-state index < -0.39 is 0 Å². The zero-order chi connectivity index (χ0) is 19.2. The van der Waals surface area contributed by atoms with Crippen LogP contribution in [0.5, 0.6) is 0 Å². The van der Waals surface area contributed by atoms with Gasteiger partial charge in [-0.25, -0.2) is 4.79 Å². The van der Waals surface area contributed by atoms with E-state index in [2.05, 4.69) is 25.6 Å². The lowest BCUT2D eigenvalue weighted by atomic mass is 10.2. The molecule has 1 aromatic carbocycles. The highest BCUT2D eigenvalue weighted by atomic mass is 16.5. The Balaban J connectivity index is 1.46. The van der Waals surface area contributed by atoms with Crippen LogP contribution in [0.4, 0.5) is 4.79 Å². The summed E-state index contributed by atoms with van der Waals surface area (Å²) in [5.41, 5.74) is 0.834. The summed E-state index contributed by atoms with van der Waals surface area (Å²) in [7, 11) is 1.70. The van der Waals surface area contributed by atoms with Crippen molar-refractivity contribution in [1.29, 1.82) is 0 Å². The molecule has 3 aromatic rings. The van der Waals surface area contributed by atoms with Gasteiger partial charge in [-0.2, -0.15) is 9.97 Å². The minimum Gasteiger partial charge on any atom is -0.339 e. The van der Waals surface area contributed by atoms with E-state index >= 15 is 0 Å². The van der Waals surface area contributed by atoms with Crippen LogP contribution in [-0.4, -0.2) is 44.8 Å². The fourth-order valence-electron chi connectivity index (χ4n) is 2.29. The van der Waals surface area contributed by atoms with Gasteiger partial charge in [-0.1, -0.05) is 42.4 Å². The third-order valence-electron chi connectivity index (χ3n) is 3.88. The summed E-state index contributed by atoms with van der Waals surface area (Å²) in [5, 5.41) is 10.6. The Morgan fingerprint density at radius 3 is 2.56 bits per heavy atom. The number of hydrogen-bond donors (Lipinski definition) is 1. The number of nitrogens with one attached hydrogen (secondary N) is 1. The number of carbonyl (C=O) groups excluding carboxylic acids is 1. The minimum atomic E-state index is -0.242. The zero-order valence-corrected chi connectivity index (χ0v) is 15.5. The first kappa shape index (κ1) is 18.6. The van der Waals surface area contributed by atoms with Crippen LogP contribution >= 0.6 is 0 Å². The molecule has 3 rings (SSSR count). The van der Waals surface area contributed by atoms with E-state index in [1.165, 1.54) is 0 Å². The lowest BCUT2D eigenvalue weighted by Crippen LogP contribution is -2.38. The largest absolute Gasteiger partial charge is 0.339 e. The van der Waals surface area contributed by atoms with Gasteiger partial charge in [0.25, 0.3) is 5.89 Å².